The molecule has 1 aromatic rings. The highest BCUT2D eigenvalue weighted by molar-refractivity contribution is 7.14. The van der Waals surface area contributed by atoms with Crippen LogP contribution in [0.15, 0.2) is 6.07 Å². The Kier molecular flexibility index (Phi) is 6.15. The summed E-state index contributed by atoms with van der Waals surface area (Å²) in [6.45, 7) is 7.48. The van der Waals surface area contributed by atoms with Gasteiger partial charge in [0.05, 0.1) is 4.88 Å². The van der Waals surface area contributed by atoms with Gasteiger partial charge in [-0.15, -0.1) is 11.3 Å². The predicted octanol–water partition coefficient (Wildman–Crippen LogP) is 3.87. The molecule has 4 nitrogen and oxygen atoms in total. The van der Waals surface area contributed by atoms with Gasteiger partial charge in [-0.3, -0.25) is 9.59 Å². The number of thiophene rings is 1. The van der Waals surface area contributed by atoms with Gasteiger partial charge in [0.1, 0.15) is 0 Å². The SMILES string of the molecule is CCc1sc(C(=O)N2CCC(C(=O)N3CCCCCC3)CC2)cc1C. The number of rotatable bonds is 3. The molecule has 0 radical (unpaired) electrons. The van der Waals surface area contributed by atoms with Gasteiger partial charge in [0, 0.05) is 37.0 Å². The summed E-state index contributed by atoms with van der Waals surface area (Å²) in [6.07, 6.45) is 7.38. The Morgan fingerprint density at radius 2 is 1.68 bits per heavy atom. The number of carbonyl (C=O) groups is 2. The summed E-state index contributed by atoms with van der Waals surface area (Å²) in [6, 6.07) is 2.03. The van der Waals surface area contributed by atoms with Crippen molar-refractivity contribution in [1.29, 1.82) is 0 Å². The highest BCUT2D eigenvalue weighted by atomic mass is 32.1. The van der Waals surface area contributed by atoms with E-state index in [-0.39, 0.29) is 11.8 Å². The van der Waals surface area contributed by atoms with Crippen molar-refractivity contribution in [3.8, 4) is 0 Å². The van der Waals surface area contributed by atoms with Crippen LogP contribution >= 0.6 is 11.3 Å². The molecule has 1 aromatic heterocycles. The number of aryl methyl sites for hydroxylation is 2. The molecule has 2 aliphatic rings. The van der Waals surface area contributed by atoms with Crippen LogP contribution in [0.3, 0.4) is 0 Å². The summed E-state index contributed by atoms with van der Waals surface area (Å²) in [5.74, 6) is 0.584. The van der Waals surface area contributed by atoms with E-state index in [1.54, 1.807) is 11.3 Å². The Labute approximate surface area is 155 Å². The number of carbonyl (C=O) groups excluding carboxylic acids is 2. The van der Waals surface area contributed by atoms with E-state index < -0.39 is 0 Å². The van der Waals surface area contributed by atoms with Crippen molar-refractivity contribution >= 4 is 23.2 Å². The fourth-order valence-corrected chi connectivity index (χ4v) is 5.09. The van der Waals surface area contributed by atoms with Crippen LogP contribution in [0.25, 0.3) is 0 Å². The highest BCUT2D eigenvalue weighted by Crippen LogP contribution is 2.27. The van der Waals surface area contributed by atoms with Gasteiger partial charge in [0.25, 0.3) is 5.91 Å². The van der Waals surface area contributed by atoms with Crippen LogP contribution in [0.1, 0.15) is 65.6 Å². The quantitative estimate of drug-likeness (QED) is 0.819. The lowest BCUT2D eigenvalue weighted by Gasteiger charge is -2.33. The molecule has 0 spiro atoms. The zero-order valence-corrected chi connectivity index (χ0v) is 16.4. The van der Waals surface area contributed by atoms with E-state index in [0.29, 0.717) is 19.0 Å². The predicted molar refractivity (Wildman–Crippen MR) is 102 cm³/mol. The number of hydrogen-bond acceptors (Lipinski definition) is 3. The normalized spacial score (nSPS) is 19.8. The van der Waals surface area contributed by atoms with Crippen molar-refractivity contribution in [3.63, 3.8) is 0 Å². The third kappa shape index (κ3) is 4.25. The van der Waals surface area contributed by atoms with Crippen molar-refractivity contribution < 1.29 is 9.59 Å². The number of likely N-dealkylation sites (tertiary alicyclic amines) is 2. The first-order valence-corrected chi connectivity index (χ1v) is 10.6. The minimum absolute atomic E-state index is 0.110. The van der Waals surface area contributed by atoms with Crippen molar-refractivity contribution in [1.82, 2.24) is 9.80 Å². The molecule has 2 aliphatic heterocycles. The Balaban J connectivity index is 1.55. The molecular formula is C20H30N2O2S. The van der Waals surface area contributed by atoms with E-state index in [9.17, 15) is 9.59 Å². The largest absolute Gasteiger partial charge is 0.342 e. The number of piperidine rings is 1. The molecule has 0 aromatic carbocycles. The zero-order chi connectivity index (χ0) is 17.8. The summed E-state index contributed by atoms with van der Waals surface area (Å²) < 4.78 is 0. The summed E-state index contributed by atoms with van der Waals surface area (Å²) in [5, 5.41) is 0. The van der Waals surface area contributed by atoms with E-state index in [2.05, 4.69) is 18.7 Å². The van der Waals surface area contributed by atoms with Crippen molar-refractivity contribution in [2.45, 2.75) is 58.8 Å². The molecule has 2 fully saturated rings. The Morgan fingerprint density at radius 3 is 2.24 bits per heavy atom. The molecule has 0 unspecified atom stereocenters. The molecule has 3 heterocycles. The third-order valence-electron chi connectivity index (χ3n) is 5.60. The maximum Gasteiger partial charge on any atom is 0.263 e. The first-order chi connectivity index (χ1) is 12.1. The highest BCUT2D eigenvalue weighted by Gasteiger charge is 2.31. The lowest BCUT2D eigenvalue weighted by Crippen LogP contribution is -2.44. The summed E-state index contributed by atoms with van der Waals surface area (Å²) in [5.41, 5.74) is 1.22. The number of amides is 2. The van der Waals surface area contributed by atoms with Crippen molar-refractivity contribution in [2.75, 3.05) is 26.2 Å². The van der Waals surface area contributed by atoms with Crippen LogP contribution in [0.2, 0.25) is 0 Å². The van der Waals surface area contributed by atoms with Crippen molar-refractivity contribution in [2.24, 2.45) is 5.92 Å². The van der Waals surface area contributed by atoms with Gasteiger partial charge in [-0.05, 0) is 50.7 Å². The van der Waals surface area contributed by atoms with E-state index in [1.165, 1.54) is 23.3 Å². The standard InChI is InChI=1S/C20H30N2O2S/c1-3-17-15(2)14-18(25-17)20(24)22-12-8-16(9-13-22)19(23)21-10-6-4-5-7-11-21/h14,16H,3-13H2,1-2H3. The molecule has 2 saturated heterocycles. The zero-order valence-electron chi connectivity index (χ0n) is 15.6. The average molecular weight is 363 g/mol. The summed E-state index contributed by atoms with van der Waals surface area (Å²) in [7, 11) is 0. The van der Waals surface area contributed by atoms with E-state index >= 15 is 0 Å². The van der Waals surface area contributed by atoms with Gasteiger partial charge >= 0.3 is 0 Å². The second kappa shape index (κ2) is 8.35. The average Bonchev–Trinajstić information content (AvgIpc) is 2.84. The third-order valence-corrected chi connectivity index (χ3v) is 6.97. The molecule has 138 valence electrons. The fourth-order valence-electron chi connectivity index (χ4n) is 4.01. The first kappa shape index (κ1) is 18.4. The molecule has 0 saturated carbocycles. The monoisotopic (exact) mass is 362 g/mol. The van der Waals surface area contributed by atoms with Crippen LogP contribution in [-0.4, -0.2) is 47.8 Å². The topological polar surface area (TPSA) is 40.6 Å². The molecule has 0 aliphatic carbocycles. The van der Waals surface area contributed by atoms with Crippen LogP contribution in [0.4, 0.5) is 0 Å². The summed E-state index contributed by atoms with van der Waals surface area (Å²) in [4.78, 5) is 31.7. The van der Waals surface area contributed by atoms with Gasteiger partial charge in [-0.2, -0.15) is 0 Å². The van der Waals surface area contributed by atoms with Crippen LogP contribution in [0.5, 0.6) is 0 Å². The fraction of sp³-hybridized carbons (Fsp3) is 0.700. The Morgan fingerprint density at radius 1 is 1.04 bits per heavy atom. The van der Waals surface area contributed by atoms with Gasteiger partial charge in [0.2, 0.25) is 5.91 Å². The lowest BCUT2D eigenvalue weighted by atomic mass is 9.95. The lowest BCUT2D eigenvalue weighted by molar-refractivity contribution is -0.136. The van der Waals surface area contributed by atoms with Crippen LogP contribution in [-0.2, 0) is 11.2 Å². The second-order valence-corrected chi connectivity index (χ2v) is 8.51. The minimum Gasteiger partial charge on any atom is -0.342 e. The molecule has 25 heavy (non-hydrogen) atoms. The Bertz CT molecular complexity index is 609. The maximum atomic E-state index is 12.8. The van der Waals surface area contributed by atoms with Crippen molar-refractivity contribution in [3.05, 3.63) is 21.4 Å². The second-order valence-electron chi connectivity index (χ2n) is 7.38. The molecule has 5 heteroatoms. The first-order valence-electron chi connectivity index (χ1n) is 9.77. The van der Waals surface area contributed by atoms with Gasteiger partial charge in [-0.25, -0.2) is 0 Å². The smallest absolute Gasteiger partial charge is 0.263 e. The molecule has 3 rings (SSSR count). The molecule has 0 atom stereocenters. The van der Waals surface area contributed by atoms with E-state index in [0.717, 1.165) is 50.1 Å². The maximum absolute atomic E-state index is 12.8. The van der Waals surface area contributed by atoms with Gasteiger partial charge in [0.15, 0.2) is 0 Å². The van der Waals surface area contributed by atoms with Crippen LogP contribution < -0.4 is 0 Å². The molecule has 0 bridgehead atoms. The van der Waals surface area contributed by atoms with E-state index in [1.807, 2.05) is 11.0 Å². The molecule has 2 amide bonds. The van der Waals surface area contributed by atoms with E-state index in [4.69, 9.17) is 0 Å². The number of hydrogen-bond donors (Lipinski definition) is 0. The van der Waals surface area contributed by atoms with Gasteiger partial charge in [-0.1, -0.05) is 19.8 Å². The van der Waals surface area contributed by atoms with Crippen LogP contribution in [0, 0.1) is 12.8 Å². The number of nitrogens with zero attached hydrogens (tertiary/aromatic N) is 2. The minimum atomic E-state index is 0.110. The molecular weight excluding hydrogens is 332 g/mol. The van der Waals surface area contributed by atoms with Gasteiger partial charge < -0.3 is 9.80 Å². The Hall–Kier alpha value is -1.36. The summed E-state index contributed by atoms with van der Waals surface area (Å²) >= 11 is 1.63. The molecule has 0 N–H and O–H groups in total.